The Balaban J connectivity index is 1.90. The van der Waals surface area contributed by atoms with Gasteiger partial charge in [0.05, 0.1) is 17.4 Å². The third-order valence-electron chi connectivity index (χ3n) is 2.89. The second-order valence-electron chi connectivity index (χ2n) is 4.17. The van der Waals surface area contributed by atoms with Crippen molar-refractivity contribution in [1.29, 1.82) is 0 Å². The maximum atomic E-state index is 6.15. The molecule has 3 rings (SSSR count). The predicted molar refractivity (Wildman–Crippen MR) is 71.6 cm³/mol. The Morgan fingerprint density at radius 3 is 2.47 bits per heavy atom. The Kier molecular flexibility index (Phi) is 3.04. The minimum absolute atomic E-state index is 0.314. The van der Waals surface area contributed by atoms with Crippen LogP contribution in [0.25, 0.3) is 5.69 Å². The Bertz CT molecular complexity index is 648. The number of para-hydroxylation sites is 1. The second-order valence-corrected chi connectivity index (χ2v) is 4.17. The van der Waals surface area contributed by atoms with Crippen LogP contribution in [-0.4, -0.2) is 19.7 Å². The molecule has 1 unspecified atom stereocenters. The number of hydrogen-bond acceptors (Lipinski definition) is 4. The van der Waals surface area contributed by atoms with Crippen molar-refractivity contribution in [3.05, 3.63) is 72.6 Å². The summed E-state index contributed by atoms with van der Waals surface area (Å²) in [5.41, 5.74) is 8.80. The summed E-state index contributed by atoms with van der Waals surface area (Å²) in [5.74, 6) is 0. The van der Waals surface area contributed by atoms with E-state index in [9.17, 15) is 0 Å². The number of hydrogen-bond donors (Lipinski definition) is 1. The minimum atomic E-state index is -0.314. The van der Waals surface area contributed by atoms with Gasteiger partial charge in [-0.3, -0.25) is 0 Å². The summed E-state index contributed by atoms with van der Waals surface area (Å²) < 4.78 is 1.80. The first kappa shape index (κ1) is 11.6. The third-order valence-corrected chi connectivity index (χ3v) is 2.89. The summed E-state index contributed by atoms with van der Waals surface area (Å²) >= 11 is 0. The normalized spacial score (nSPS) is 12.3. The molecule has 5 nitrogen and oxygen atoms in total. The molecule has 0 fully saturated rings. The van der Waals surface area contributed by atoms with Crippen molar-refractivity contribution in [3.8, 4) is 5.69 Å². The van der Waals surface area contributed by atoms with Crippen LogP contribution in [0.15, 0.2) is 61.3 Å². The van der Waals surface area contributed by atoms with E-state index in [-0.39, 0.29) is 6.04 Å². The quantitative estimate of drug-likeness (QED) is 0.769. The maximum Gasteiger partial charge on any atom is 0.115 e. The Morgan fingerprint density at radius 1 is 1.00 bits per heavy atom. The lowest BCUT2D eigenvalue weighted by Crippen LogP contribution is -2.13. The zero-order chi connectivity index (χ0) is 13.1. The summed E-state index contributed by atoms with van der Waals surface area (Å²) in [6, 6.07) is 11.5. The molecule has 0 aliphatic carbocycles. The van der Waals surface area contributed by atoms with Crippen LogP contribution in [0.4, 0.5) is 0 Å². The number of nitrogens with two attached hydrogens (primary N) is 1. The van der Waals surface area contributed by atoms with E-state index in [1.165, 1.54) is 6.33 Å². The highest BCUT2D eigenvalue weighted by molar-refractivity contribution is 5.31. The Morgan fingerprint density at radius 2 is 1.74 bits per heavy atom. The summed E-state index contributed by atoms with van der Waals surface area (Å²) in [4.78, 5) is 7.94. The van der Waals surface area contributed by atoms with Crippen molar-refractivity contribution in [2.75, 3.05) is 0 Å². The fourth-order valence-corrected chi connectivity index (χ4v) is 1.87. The third kappa shape index (κ3) is 2.36. The zero-order valence-corrected chi connectivity index (χ0v) is 10.2. The van der Waals surface area contributed by atoms with E-state index in [1.54, 1.807) is 17.1 Å². The van der Waals surface area contributed by atoms with Gasteiger partial charge in [-0.2, -0.15) is 5.10 Å². The molecule has 1 aromatic carbocycles. The van der Waals surface area contributed by atoms with Crippen LogP contribution in [0.3, 0.4) is 0 Å². The van der Waals surface area contributed by atoms with Crippen LogP contribution in [-0.2, 0) is 0 Å². The molecule has 94 valence electrons. The first-order chi connectivity index (χ1) is 9.34. The summed E-state index contributed by atoms with van der Waals surface area (Å²) in [6.07, 6.45) is 6.80. The van der Waals surface area contributed by atoms with Crippen LogP contribution in [0.1, 0.15) is 17.3 Å². The van der Waals surface area contributed by atoms with Gasteiger partial charge in [-0.15, -0.1) is 0 Å². The fourth-order valence-electron chi connectivity index (χ4n) is 1.87. The lowest BCUT2D eigenvalue weighted by Gasteiger charge is -2.07. The number of rotatable bonds is 3. The molecule has 0 aliphatic rings. The lowest BCUT2D eigenvalue weighted by atomic mass is 10.1. The van der Waals surface area contributed by atoms with Crippen molar-refractivity contribution in [3.63, 3.8) is 0 Å². The number of benzene rings is 1. The summed E-state index contributed by atoms with van der Waals surface area (Å²) in [7, 11) is 0. The molecule has 0 bridgehead atoms. The van der Waals surface area contributed by atoms with E-state index in [0.717, 1.165) is 16.9 Å². The van der Waals surface area contributed by atoms with E-state index in [4.69, 9.17) is 5.73 Å². The molecule has 2 N–H and O–H groups in total. The van der Waals surface area contributed by atoms with E-state index < -0.39 is 0 Å². The van der Waals surface area contributed by atoms with Gasteiger partial charge in [0.2, 0.25) is 0 Å². The molecule has 5 heteroatoms. The average molecular weight is 251 g/mol. The molecule has 0 radical (unpaired) electrons. The van der Waals surface area contributed by atoms with Gasteiger partial charge < -0.3 is 5.73 Å². The molecule has 0 amide bonds. The van der Waals surface area contributed by atoms with Crippen LogP contribution in [0.2, 0.25) is 0 Å². The lowest BCUT2D eigenvalue weighted by molar-refractivity contribution is 0.766. The van der Waals surface area contributed by atoms with Gasteiger partial charge in [0, 0.05) is 24.2 Å². The molecule has 0 saturated heterocycles. The summed E-state index contributed by atoms with van der Waals surface area (Å²) in [5, 5.41) is 4.49. The minimum Gasteiger partial charge on any atom is -0.319 e. The van der Waals surface area contributed by atoms with Crippen molar-refractivity contribution in [2.24, 2.45) is 5.73 Å². The topological polar surface area (TPSA) is 69.6 Å². The zero-order valence-electron chi connectivity index (χ0n) is 10.2. The molecule has 0 saturated carbocycles. The van der Waals surface area contributed by atoms with Crippen molar-refractivity contribution < 1.29 is 0 Å². The highest BCUT2D eigenvalue weighted by atomic mass is 15.3. The number of aromatic nitrogens is 4. The molecule has 2 heterocycles. The molecule has 19 heavy (non-hydrogen) atoms. The second kappa shape index (κ2) is 4.99. The smallest absolute Gasteiger partial charge is 0.115 e. The molecular weight excluding hydrogens is 238 g/mol. The monoisotopic (exact) mass is 251 g/mol. The van der Waals surface area contributed by atoms with E-state index in [2.05, 4.69) is 15.1 Å². The van der Waals surface area contributed by atoms with E-state index in [0.29, 0.717) is 0 Å². The van der Waals surface area contributed by atoms with E-state index in [1.807, 2.05) is 42.6 Å². The van der Waals surface area contributed by atoms with Crippen LogP contribution in [0.5, 0.6) is 0 Å². The molecule has 0 aliphatic heterocycles. The summed E-state index contributed by atoms with van der Waals surface area (Å²) in [6.45, 7) is 0. The largest absolute Gasteiger partial charge is 0.319 e. The molecule has 1 atom stereocenters. The molecule has 2 aromatic heterocycles. The predicted octanol–water partition coefficient (Wildman–Crippen LogP) is 1.71. The molecule has 0 spiro atoms. The van der Waals surface area contributed by atoms with Crippen molar-refractivity contribution in [2.45, 2.75) is 6.04 Å². The molecule has 3 aromatic rings. The first-order valence-corrected chi connectivity index (χ1v) is 5.96. The van der Waals surface area contributed by atoms with Crippen molar-refractivity contribution >= 4 is 0 Å². The Hall–Kier alpha value is -2.53. The van der Waals surface area contributed by atoms with Crippen molar-refractivity contribution in [1.82, 2.24) is 19.7 Å². The van der Waals surface area contributed by atoms with Gasteiger partial charge >= 0.3 is 0 Å². The fraction of sp³-hybridized carbons (Fsp3) is 0.0714. The highest BCUT2D eigenvalue weighted by Gasteiger charge is 2.12. The van der Waals surface area contributed by atoms with E-state index >= 15 is 0 Å². The van der Waals surface area contributed by atoms with Crippen LogP contribution >= 0.6 is 0 Å². The maximum absolute atomic E-state index is 6.15. The standard InChI is InChI=1S/C14H13N5/c15-14(11-8-16-10-17-9-11)13-6-7-19(18-13)12-4-2-1-3-5-12/h1-10,14H,15H2. The first-order valence-electron chi connectivity index (χ1n) is 5.96. The van der Waals surface area contributed by atoms with Gasteiger partial charge in [-0.25, -0.2) is 14.6 Å². The van der Waals surface area contributed by atoms with Gasteiger partial charge in [-0.1, -0.05) is 18.2 Å². The van der Waals surface area contributed by atoms with Gasteiger partial charge in [0.1, 0.15) is 6.33 Å². The van der Waals surface area contributed by atoms with Gasteiger partial charge in [0.25, 0.3) is 0 Å². The highest BCUT2D eigenvalue weighted by Crippen LogP contribution is 2.17. The van der Waals surface area contributed by atoms with Crippen LogP contribution < -0.4 is 5.73 Å². The van der Waals surface area contributed by atoms with Gasteiger partial charge in [-0.05, 0) is 18.2 Å². The number of nitrogens with zero attached hydrogens (tertiary/aromatic N) is 4. The molecular formula is C14H13N5. The SMILES string of the molecule is NC(c1cncnc1)c1ccn(-c2ccccc2)n1. The van der Waals surface area contributed by atoms with Crippen LogP contribution in [0, 0.1) is 0 Å². The van der Waals surface area contributed by atoms with Gasteiger partial charge in [0.15, 0.2) is 0 Å². The average Bonchev–Trinajstić information content (AvgIpc) is 2.98. The Labute approximate surface area is 110 Å².